The van der Waals surface area contributed by atoms with E-state index in [-0.39, 0.29) is 11.2 Å². The van der Waals surface area contributed by atoms with Crippen LogP contribution in [-0.4, -0.2) is 54.2 Å². The lowest BCUT2D eigenvalue weighted by molar-refractivity contribution is 0.0164. The predicted octanol–water partition coefficient (Wildman–Crippen LogP) is 2.80. The molecule has 0 unspecified atom stereocenters. The van der Waals surface area contributed by atoms with Crippen molar-refractivity contribution in [2.45, 2.75) is 39.2 Å². The van der Waals surface area contributed by atoms with Crippen LogP contribution in [0.25, 0.3) is 0 Å². The minimum absolute atomic E-state index is 0.0820. The third kappa shape index (κ3) is 4.11. The van der Waals surface area contributed by atoms with Crippen LogP contribution >= 0.6 is 0 Å². The highest BCUT2D eigenvalue weighted by Gasteiger charge is 2.36. The van der Waals surface area contributed by atoms with Gasteiger partial charge in [0.05, 0.1) is 6.61 Å². The maximum Gasteiger partial charge on any atom is 0.123 e. The van der Waals surface area contributed by atoms with E-state index >= 15 is 0 Å². The van der Waals surface area contributed by atoms with Gasteiger partial charge >= 0.3 is 0 Å². The lowest BCUT2D eigenvalue weighted by Gasteiger charge is -2.43. The highest BCUT2D eigenvalue weighted by atomic mass is 19.1. The minimum Gasteiger partial charge on any atom is -0.396 e. The summed E-state index contributed by atoms with van der Waals surface area (Å²) in [5.41, 5.74) is 2.32. The average Bonchev–Trinajstić information content (AvgIpc) is 3.05. The van der Waals surface area contributed by atoms with Crippen molar-refractivity contribution in [2.24, 2.45) is 5.41 Å². The molecule has 0 aliphatic carbocycles. The van der Waals surface area contributed by atoms with Gasteiger partial charge in [-0.1, -0.05) is 6.07 Å². The molecule has 1 aromatic rings. The standard InChI is InChI=1S/C19H29FN2O/c1-16-12-18(20)5-4-17(16)13-21-10-6-19(15-23,7-11-21)14-22-8-2-3-9-22/h4-5,12,23H,2-3,6-11,13-15H2,1H3. The molecule has 0 atom stereocenters. The first-order valence-electron chi connectivity index (χ1n) is 8.91. The number of piperidine rings is 1. The van der Waals surface area contributed by atoms with E-state index in [1.165, 1.54) is 31.5 Å². The molecule has 3 nitrogen and oxygen atoms in total. The first-order chi connectivity index (χ1) is 11.1. The van der Waals surface area contributed by atoms with Gasteiger partial charge in [0.2, 0.25) is 0 Å². The van der Waals surface area contributed by atoms with Crippen LogP contribution in [-0.2, 0) is 6.54 Å². The minimum atomic E-state index is -0.158. The number of aliphatic hydroxyl groups is 1. The molecule has 23 heavy (non-hydrogen) atoms. The lowest BCUT2D eigenvalue weighted by Crippen LogP contribution is -2.47. The summed E-state index contributed by atoms with van der Waals surface area (Å²) in [6, 6.07) is 5.07. The fourth-order valence-corrected chi connectivity index (χ4v) is 4.04. The van der Waals surface area contributed by atoms with Gasteiger partial charge in [0, 0.05) is 18.5 Å². The van der Waals surface area contributed by atoms with E-state index in [4.69, 9.17) is 0 Å². The summed E-state index contributed by atoms with van der Waals surface area (Å²) in [4.78, 5) is 4.97. The van der Waals surface area contributed by atoms with Crippen molar-refractivity contribution in [3.05, 3.63) is 35.1 Å². The Balaban J connectivity index is 1.56. The summed E-state index contributed by atoms with van der Waals surface area (Å²) in [5, 5.41) is 9.97. The Labute approximate surface area is 139 Å². The van der Waals surface area contributed by atoms with Crippen molar-refractivity contribution in [1.82, 2.24) is 9.80 Å². The Hall–Kier alpha value is -0.970. The van der Waals surface area contributed by atoms with E-state index in [2.05, 4.69) is 9.80 Å². The Bertz CT molecular complexity index is 520. The number of aliphatic hydroxyl groups excluding tert-OH is 1. The Kier molecular flexibility index (Phi) is 5.34. The van der Waals surface area contributed by atoms with E-state index in [1.54, 1.807) is 12.1 Å². The van der Waals surface area contributed by atoms with Crippen LogP contribution in [0.15, 0.2) is 18.2 Å². The molecule has 1 N–H and O–H groups in total. The van der Waals surface area contributed by atoms with Crippen molar-refractivity contribution >= 4 is 0 Å². The van der Waals surface area contributed by atoms with E-state index in [0.717, 1.165) is 44.6 Å². The monoisotopic (exact) mass is 320 g/mol. The largest absolute Gasteiger partial charge is 0.396 e. The summed E-state index contributed by atoms with van der Waals surface area (Å²) in [6.45, 7) is 8.64. The first-order valence-corrected chi connectivity index (χ1v) is 8.91. The number of likely N-dealkylation sites (tertiary alicyclic amines) is 2. The number of nitrogens with zero attached hydrogens (tertiary/aromatic N) is 2. The molecule has 0 amide bonds. The maximum atomic E-state index is 13.2. The van der Waals surface area contributed by atoms with Crippen molar-refractivity contribution in [1.29, 1.82) is 0 Å². The third-order valence-electron chi connectivity index (χ3n) is 5.71. The van der Waals surface area contributed by atoms with Gasteiger partial charge in [-0.15, -0.1) is 0 Å². The van der Waals surface area contributed by atoms with Crippen LogP contribution in [0.1, 0.15) is 36.8 Å². The lowest BCUT2D eigenvalue weighted by atomic mass is 9.78. The molecule has 0 aromatic heterocycles. The Morgan fingerprint density at radius 1 is 1.09 bits per heavy atom. The highest BCUT2D eigenvalue weighted by molar-refractivity contribution is 5.26. The topological polar surface area (TPSA) is 26.7 Å². The van der Waals surface area contributed by atoms with Gasteiger partial charge in [-0.05, 0) is 82.0 Å². The summed E-state index contributed by atoms with van der Waals surface area (Å²) in [5.74, 6) is -0.158. The number of rotatable bonds is 5. The fraction of sp³-hybridized carbons (Fsp3) is 0.684. The molecule has 0 saturated carbocycles. The SMILES string of the molecule is Cc1cc(F)ccc1CN1CCC(CO)(CN2CCCC2)CC1. The third-order valence-corrected chi connectivity index (χ3v) is 5.71. The molecule has 0 spiro atoms. The second-order valence-corrected chi connectivity index (χ2v) is 7.49. The number of benzene rings is 1. The van der Waals surface area contributed by atoms with Crippen LogP contribution in [0.3, 0.4) is 0 Å². The zero-order chi connectivity index (χ0) is 16.3. The zero-order valence-electron chi connectivity index (χ0n) is 14.2. The molecule has 0 radical (unpaired) electrons. The molecular formula is C19H29FN2O. The molecular weight excluding hydrogens is 291 g/mol. The molecule has 2 aliphatic rings. The quantitative estimate of drug-likeness (QED) is 0.904. The second kappa shape index (κ2) is 7.29. The molecule has 4 heteroatoms. The van der Waals surface area contributed by atoms with Gasteiger partial charge in [-0.25, -0.2) is 4.39 Å². The molecule has 2 fully saturated rings. The van der Waals surface area contributed by atoms with Crippen LogP contribution in [0.4, 0.5) is 4.39 Å². The van der Waals surface area contributed by atoms with Gasteiger partial charge in [0.25, 0.3) is 0 Å². The average molecular weight is 320 g/mol. The molecule has 2 aliphatic heterocycles. The Morgan fingerprint density at radius 3 is 2.39 bits per heavy atom. The van der Waals surface area contributed by atoms with Gasteiger partial charge < -0.3 is 10.0 Å². The number of hydrogen-bond acceptors (Lipinski definition) is 3. The molecule has 2 saturated heterocycles. The van der Waals surface area contributed by atoms with E-state index in [9.17, 15) is 9.50 Å². The second-order valence-electron chi connectivity index (χ2n) is 7.49. The van der Waals surface area contributed by atoms with Gasteiger partial charge in [-0.2, -0.15) is 0 Å². The Morgan fingerprint density at radius 2 is 1.78 bits per heavy atom. The maximum absolute atomic E-state index is 13.2. The smallest absolute Gasteiger partial charge is 0.123 e. The first kappa shape index (κ1) is 16.9. The van der Waals surface area contributed by atoms with Crippen LogP contribution in [0.2, 0.25) is 0 Å². The predicted molar refractivity (Wildman–Crippen MR) is 90.8 cm³/mol. The summed E-state index contributed by atoms with van der Waals surface area (Å²) in [7, 11) is 0. The van der Waals surface area contributed by atoms with Gasteiger partial charge in [-0.3, -0.25) is 4.90 Å². The van der Waals surface area contributed by atoms with Gasteiger partial charge in [0.1, 0.15) is 5.82 Å². The highest BCUT2D eigenvalue weighted by Crippen LogP contribution is 2.33. The van der Waals surface area contributed by atoms with Crippen LogP contribution < -0.4 is 0 Å². The fourth-order valence-electron chi connectivity index (χ4n) is 4.04. The molecule has 3 rings (SSSR count). The molecule has 0 bridgehead atoms. The van der Waals surface area contributed by atoms with Crippen molar-refractivity contribution in [3.8, 4) is 0 Å². The van der Waals surface area contributed by atoms with Crippen LogP contribution in [0.5, 0.6) is 0 Å². The van der Waals surface area contributed by atoms with Crippen molar-refractivity contribution in [2.75, 3.05) is 39.3 Å². The molecule has 1 aromatic carbocycles. The van der Waals surface area contributed by atoms with Crippen molar-refractivity contribution < 1.29 is 9.50 Å². The number of hydrogen-bond donors (Lipinski definition) is 1. The number of halogens is 1. The molecule has 128 valence electrons. The van der Waals surface area contributed by atoms with Gasteiger partial charge in [0.15, 0.2) is 0 Å². The van der Waals surface area contributed by atoms with E-state index in [1.807, 2.05) is 13.0 Å². The van der Waals surface area contributed by atoms with Crippen molar-refractivity contribution in [3.63, 3.8) is 0 Å². The zero-order valence-corrected chi connectivity index (χ0v) is 14.2. The van der Waals surface area contributed by atoms with E-state index < -0.39 is 0 Å². The summed E-state index contributed by atoms with van der Waals surface area (Å²) >= 11 is 0. The summed E-state index contributed by atoms with van der Waals surface area (Å²) < 4.78 is 13.2. The summed E-state index contributed by atoms with van der Waals surface area (Å²) in [6.07, 6.45) is 4.72. The number of aryl methyl sites for hydroxylation is 1. The normalized spacial score (nSPS) is 22.6. The molecule has 2 heterocycles. The van der Waals surface area contributed by atoms with E-state index in [0.29, 0.717) is 6.61 Å². The van der Waals surface area contributed by atoms with Crippen LogP contribution in [0, 0.1) is 18.2 Å².